The molecule has 0 bridgehead atoms. The Morgan fingerprint density at radius 1 is 1.12 bits per heavy atom. The lowest BCUT2D eigenvalue weighted by Crippen LogP contribution is -2.56. The van der Waals surface area contributed by atoms with Crippen molar-refractivity contribution in [2.75, 3.05) is 20.3 Å². The van der Waals surface area contributed by atoms with Gasteiger partial charge in [0.1, 0.15) is 24.2 Å². The van der Waals surface area contributed by atoms with Crippen LogP contribution in [0, 0.1) is 12.3 Å². The van der Waals surface area contributed by atoms with E-state index in [9.17, 15) is 0 Å². The third kappa shape index (κ3) is 3.61. The number of aryl methyl sites for hydroxylation is 1. The first-order valence-corrected chi connectivity index (χ1v) is 10.5. The first-order chi connectivity index (χ1) is 16.1. The highest BCUT2D eigenvalue weighted by Crippen LogP contribution is 2.48. The van der Waals surface area contributed by atoms with Crippen LogP contribution in [-0.2, 0) is 11.3 Å². The van der Waals surface area contributed by atoms with Crippen LogP contribution < -0.4 is 14.2 Å². The Morgan fingerprint density at radius 3 is 2.67 bits per heavy atom. The monoisotopic (exact) mass is 451 g/mol. The molecule has 1 saturated heterocycles. The van der Waals surface area contributed by atoms with Crippen molar-refractivity contribution in [3.63, 3.8) is 0 Å². The van der Waals surface area contributed by atoms with Crippen LogP contribution in [0.25, 0.3) is 17.2 Å². The van der Waals surface area contributed by atoms with E-state index in [1.807, 2.05) is 6.07 Å². The predicted molar refractivity (Wildman–Crippen MR) is 111 cm³/mol. The molecule has 0 radical (unpaired) electrons. The minimum atomic E-state index is 0.145. The van der Waals surface area contributed by atoms with E-state index in [1.54, 1.807) is 25.1 Å². The molecule has 2 aliphatic rings. The van der Waals surface area contributed by atoms with E-state index >= 15 is 0 Å². The Morgan fingerprint density at radius 2 is 2.00 bits per heavy atom. The highest BCUT2D eigenvalue weighted by Gasteiger charge is 2.51. The Labute approximate surface area is 187 Å². The maximum absolute atomic E-state index is 5.90. The summed E-state index contributed by atoms with van der Waals surface area (Å²) in [5.41, 5.74) is 1.98. The summed E-state index contributed by atoms with van der Waals surface area (Å²) in [6.07, 6.45) is 2.19. The number of fused-ring (bicyclic) bond motifs is 1. The van der Waals surface area contributed by atoms with Crippen molar-refractivity contribution >= 4 is 5.65 Å². The van der Waals surface area contributed by atoms with E-state index in [2.05, 4.69) is 30.7 Å². The Bertz CT molecular complexity index is 1290. The SMILES string of the molecule is COc1cc2nnc(-c3cc(C)on3)n2nc1OCc1ccc(OC2CC3(COC3)C2)nn1. The van der Waals surface area contributed by atoms with Gasteiger partial charge in [0.05, 0.1) is 20.3 Å². The van der Waals surface area contributed by atoms with Crippen molar-refractivity contribution in [1.29, 1.82) is 0 Å². The van der Waals surface area contributed by atoms with Crippen molar-refractivity contribution in [3.05, 3.63) is 35.7 Å². The molecular weight excluding hydrogens is 430 g/mol. The van der Waals surface area contributed by atoms with Gasteiger partial charge in [-0.15, -0.1) is 25.5 Å². The van der Waals surface area contributed by atoms with Crippen LogP contribution in [0.4, 0.5) is 0 Å². The van der Waals surface area contributed by atoms with Crippen molar-refractivity contribution < 1.29 is 23.5 Å². The fraction of sp³-hybridized carbons (Fsp3) is 0.429. The maximum Gasteiger partial charge on any atom is 0.275 e. The van der Waals surface area contributed by atoms with Crippen molar-refractivity contribution in [2.24, 2.45) is 5.41 Å². The van der Waals surface area contributed by atoms with Crippen molar-refractivity contribution in [3.8, 4) is 29.0 Å². The number of methoxy groups -OCH3 is 1. The summed E-state index contributed by atoms with van der Waals surface area (Å²) in [5, 5.41) is 25.1. The summed E-state index contributed by atoms with van der Waals surface area (Å²) in [6.45, 7) is 3.63. The predicted octanol–water partition coefficient (Wildman–Crippen LogP) is 2.02. The third-order valence-electron chi connectivity index (χ3n) is 5.88. The fourth-order valence-corrected chi connectivity index (χ4v) is 4.09. The molecule has 2 fully saturated rings. The van der Waals surface area contributed by atoms with E-state index in [1.165, 1.54) is 11.6 Å². The molecule has 4 aromatic heterocycles. The molecule has 5 heterocycles. The van der Waals surface area contributed by atoms with E-state index in [4.69, 9.17) is 23.5 Å². The molecule has 1 aliphatic carbocycles. The highest BCUT2D eigenvalue weighted by atomic mass is 16.5. The Balaban J connectivity index is 1.15. The Kier molecular flexibility index (Phi) is 4.61. The van der Waals surface area contributed by atoms with Gasteiger partial charge in [0.25, 0.3) is 5.88 Å². The molecule has 1 spiro atoms. The van der Waals surface area contributed by atoms with E-state index in [-0.39, 0.29) is 18.6 Å². The summed E-state index contributed by atoms with van der Waals surface area (Å²) < 4.78 is 29.1. The quantitative estimate of drug-likeness (QED) is 0.409. The number of ether oxygens (including phenoxy) is 4. The van der Waals surface area contributed by atoms with Gasteiger partial charge in [-0.3, -0.25) is 0 Å². The number of hydrogen-bond acceptors (Lipinski definition) is 11. The van der Waals surface area contributed by atoms with Gasteiger partial charge < -0.3 is 23.5 Å². The number of nitrogens with zero attached hydrogens (tertiary/aromatic N) is 7. The van der Waals surface area contributed by atoms with Gasteiger partial charge >= 0.3 is 0 Å². The molecule has 1 aliphatic heterocycles. The topological polar surface area (TPSA) is 132 Å². The zero-order valence-corrected chi connectivity index (χ0v) is 18.1. The molecule has 0 unspecified atom stereocenters. The van der Waals surface area contributed by atoms with Gasteiger partial charge in [-0.1, -0.05) is 5.16 Å². The van der Waals surface area contributed by atoms with E-state index < -0.39 is 0 Å². The van der Waals surface area contributed by atoms with Crippen LogP contribution in [-0.4, -0.2) is 61.6 Å². The summed E-state index contributed by atoms with van der Waals surface area (Å²) in [7, 11) is 1.53. The first kappa shape index (κ1) is 19.9. The van der Waals surface area contributed by atoms with Crippen LogP contribution in [0.5, 0.6) is 17.5 Å². The molecule has 1 saturated carbocycles. The second-order valence-electron chi connectivity index (χ2n) is 8.43. The first-order valence-electron chi connectivity index (χ1n) is 10.5. The van der Waals surface area contributed by atoms with E-state index in [0.29, 0.717) is 45.7 Å². The molecular formula is C21H21N7O5. The molecule has 33 heavy (non-hydrogen) atoms. The largest absolute Gasteiger partial charge is 0.491 e. The zero-order chi connectivity index (χ0) is 22.4. The number of rotatable bonds is 7. The lowest BCUT2D eigenvalue weighted by Gasteiger charge is -2.52. The summed E-state index contributed by atoms with van der Waals surface area (Å²) in [5.74, 6) is 2.28. The molecule has 0 atom stereocenters. The minimum absolute atomic E-state index is 0.145. The van der Waals surface area contributed by atoms with Crippen molar-refractivity contribution in [2.45, 2.75) is 32.5 Å². The molecule has 6 rings (SSSR count). The standard InChI is InChI=1S/C21H21N7O5/c1-12-5-15(27-33-12)19-25-23-17-6-16(29-2)20(26-28(17)19)31-9-13-3-4-18(24-22-13)32-14-7-21(8-14)10-30-11-21/h3-6,14H,7-11H2,1-2H3. The lowest BCUT2D eigenvalue weighted by atomic mass is 9.65. The summed E-state index contributed by atoms with van der Waals surface area (Å²) in [4.78, 5) is 0. The minimum Gasteiger partial charge on any atom is -0.491 e. The van der Waals surface area contributed by atoms with Gasteiger partial charge in [-0.05, 0) is 25.8 Å². The number of hydrogen-bond donors (Lipinski definition) is 0. The highest BCUT2D eigenvalue weighted by molar-refractivity contribution is 5.56. The molecule has 4 aromatic rings. The molecule has 0 N–H and O–H groups in total. The summed E-state index contributed by atoms with van der Waals surface area (Å²) >= 11 is 0. The van der Waals surface area contributed by atoms with Crippen LogP contribution in [0.1, 0.15) is 24.3 Å². The second kappa shape index (κ2) is 7.66. The number of aromatic nitrogens is 7. The summed E-state index contributed by atoms with van der Waals surface area (Å²) in [6, 6.07) is 7.06. The zero-order valence-electron chi connectivity index (χ0n) is 18.1. The fourth-order valence-electron chi connectivity index (χ4n) is 4.09. The molecule has 0 amide bonds. The molecule has 0 aromatic carbocycles. The van der Waals surface area contributed by atoms with Crippen LogP contribution in [0.2, 0.25) is 0 Å². The average Bonchev–Trinajstić information content (AvgIpc) is 3.38. The molecule has 12 heteroatoms. The van der Waals surface area contributed by atoms with Gasteiger partial charge in [0.15, 0.2) is 17.1 Å². The maximum atomic E-state index is 5.90. The van der Waals surface area contributed by atoms with Gasteiger partial charge in [0.2, 0.25) is 11.7 Å². The lowest BCUT2D eigenvalue weighted by molar-refractivity contribution is -0.191. The third-order valence-corrected chi connectivity index (χ3v) is 5.88. The average molecular weight is 451 g/mol. The van der Waals surface area contributed by atoms with E-state index in [0.717, 1.165) is 26.1 Å². The second-order valence-corrected chi connectivity index (χ2v) is 8.43. The normalized spacial score (nSPS) is 17.0. The molecule has 170 valence electrons. The smallest absolute Gasteiger partial charge is 0.275 e. The Hall–Kier alpha value is -3.80. The van der Waals surface area contributed by atoms with Crippen LogP contribution >= 0.6 is 0 Å². The van der Waals surface area contributed by atoms with Crippen LogP contribution in [0.15, 0.2) is 28.8 Å². The van der Waals surface area contributed by atoms with Crippen LogP contribution in [0.3, 0.4) is 0 Å². The molecule has 12 nitrogen and oxygen atoms in total. The van der Waals surface area contributed by atoms with Gasteiger partial charge in [0, 0.05) is 23.6 Å². The van der Waals surface area contributed by atoms with Gasteiger partial charge in [-0.25, -0.2) is 0 Å². The van der Waals surface area contributed by atoms with Gasteiger partial charge in [-0.2, -0.15) is 4.52 Å². The van der Waals surface area contributed by atoms with Crippen molar-refractivity contribution in [1.82, 2.24) is 35.2 Å².